The van der Waals surface area contributed by atoms with Gasteiger partial charge in [-0.05, 0) is 0 Å². The Bertz CT molecular complexity index is 543. The van der Waals surface area contributed by atoms with Crippen molar-refractivity contribution in [2.75, 3.05) is 0 Å². The molecule has 0 aliphatic rings. The molecule has 0 aromatic carbocycles. The van der Waals surface area contributed by atoms with Gasteiger partial charge < -0.3 is 29.2 Å². The van der Waals surface area contributed by atoms with Crippen LogP contribution in [0.3, 0.4) is 0 Å². The van der Waals surface area contributed by atoms with Crippen molar-refractivity contribution in [2.24, 2.45) is 0 Å². The summed E-state index contributed by atoms with van der Waals surface area (Å²) in [5, 5.41) is 18.5. The Hall–Kier alpha value is -3.18. The molecule has 0 heterocycles. The van der Waals surface area contributed by atoms with E-state index in [0.717, 1.165) is 27.7 Å². The highest BCUT2D eigenvalue weighted by Gasteiger charge is 2.49. The lowest BCUT2D eigenvalue weighted by molar-refractivity contribution is -0.206. The van der Waals surface area contributed by atoms with Crippen LogP contribution in [0.4, 0.5) is 0 Å². The van der Waals surface area contributed by atoms with Crippen LogP contribution < -0.4 is 0 Å². The second-order valence-corrected chi connectivity index (χ2v) is 4.88. The van der Waals surface area contributed by atoms with E-state index in [1.54, 1.807) is 0 Å². The normalized spacial score (nSPS) is 14.8. The lowest BCUT2D eigenvalue weighted by Gasteiger charge is -2.32. The number of carboxylic acid groups (broad SMARTS) is 2. The molecule has 2 N–H and O–H groups in total. The first-order chi connectivity index (χ1) is 11.9. The van der Waals surface area contributed by atoms with E-state index in [4.69, 9.17) is 9.47 Å². The van der Waals surface area contributed by atoms with Gasteiger partial charge in [-0.25, -0.2) is 9.59 Å². The molecule has 0 amide bonds. The predicted octanol–water partition coefficient (Wildman–Crippen LogP) is -1.12. The van der Waals surface area contributed by atoms with Gasteiger partial charge >= 0.3 is 35.8 Å². The summed E-state index contributed by atoms with van der Waals surface area (Å²) >= 11 is 0. The summed E-state index contributed by atoms with van der Waals surface area (Å²) in [7, 11) is 0. The fraction of sp³-hybridized carbons (Fsp3) is 0.571. The molecule has 0 bridgehead atoms. The van der Waals surface area contributed by atoms with Crippen molar-refractivity contribution in [2.45, 2.75) is 52.1 Å². The minimum absolute atomic E-state index is 0.850. The van der Waals surface area contributed by atoms with Gasteiger partial charge in [-0.3, -0.25) is 19.2 Å². The molecular weight excluding hydrogens is 360 g/mol. The van der Waals surface area contributed by atoms with Gasteiger partial charge in [0.05, 0.1) is 0 Å². The zero-order valence-electron chi connectivity index (χ0n) is 14.3. The molecular formula is C14H18O12. The number of ether oxygens (including phenoxy) is 4. The average molecular weight is 378 g/mol. The Morgan fingerprint density at radius 2 is 0.769 bits per heavy atom. The van der Waals surface area contributed by atoms with Crippen LogP contribution in [-0.2, 0) is 47.7 Å². The second-order valence-electron chi connectivity index (χ2n) is 4.88. The van der Waals surface area contributed by atoms with Crippen LogP contribution >= 0.6 is 0 Å². The van der Waals surface area contributed by atoms with E-state index < -0.39 is 60.2 Å². The Labute approximate surface area is 146 Å². The number of rotatable bonds is 9. The Morgan fingerprint density at radius 1 is 0.538 bits per heavy atom. The highest BCUT2D eigenvalue weighted by atomic mass is 16.6. The number of carbonyl (C=O) groups is 6. The zero-order valence-corrected chi connectivity index (χ0v) is 14.3. The molecule has 12 nitrogen and oxygen atoms in total. The summed E-state index contributed by atoms with van der Waals surface area (Å²) in [6.45, 7) is 3.41. The third-order valence-electron chi connectivity index (χ3n) is 2.60. The van der Waals surface area contributed by atoms with Crippen molar-refractivity contribution in [1.29, 1.82) is 0 Å². The number of esters is 4. The topological polar surface area (TPSA) is 180 Å². The van der Waals surface area contributed by atoms with Crippen LogP contribution in [0.25, 0.3) is 0 Å². The number of hydrogen-bond donors (Lipinski definition) is 2. The van der Waals surface area contributed by atoms with Crippen LogP contribution in [-0.4, -0.2) is 70.4 Å². The maximum Gasteiger partial charge on any atom is 0.349 e. The van der Waals surface area contributed by atoms with Crippen molar-refractivity contribution < 1.29 is 57.9 Å². The van der Waals surface area contributed by atoms with Gasteiger partial charge in [0, 0.05) is 27.7 Å². The lowest BCUT2D eigenvalue weighted by Crippen LogP contribution is -2.56. The summed E-state index contributed by atoms with van der Waals surface area (Å²) < 4.78 is 18.5. The van der Waals surface area contributed by atoms with Gasteiger partial charge in [-0.1, -0.05) is 0 Å². The number of hydrogen-bond acceptors (Lipinski definition) is 10. The highest BCUT2D eigenvalue weighted by Crippen LogP contribution is 2.20. The molecule has 26 heavy (non-hydrogen) atoms. The van der Waals surface area contributed by atoms with E-state index in [1.165, 1.54) is 0 Å². The molecule has 0 aliphatic carbocycles. The molecule has 0 saturated heterocycles. The minimum atomic E-state index is -2.24. The van der Waals surface area contributed by atoms with Crippen molar-refractivity contribution in [3.63, 3.8) is 0 Å². The fourth-order valence-corrected chi connectivity index (χ4v) is 1.86. The summed E-state index contributed by atoms with van der Waals surface area (Å²) in [6, 6.07) is 0. The van der Waals surface area contributed by atoms with Crippen LogP contribution in [0.15, 0.2) is 0 Å². The van der Waals surface area contributed by atoms with Gasteiger partial charge in [-0.2, -0.15) is 0 Å². The van der Waals surface area contributed by atoms with Gasteiger partial charge in [0.25, 0.3) is 0 Å². The highest BCUT2D eigenvalue weighted by molar-refractivity contribution is 5.81. The van der Waals surface area contributed by atoms with Crippen LogP contribution in [0.1, 0.15) is 27.7 Å². The lowest BCUT2D eigenvalue weighted by atomic mass is 10.0. The van der Waals surface area contributed by atoms with Gasteiger partial charge in [-0.15, -0.1) is 0 Å². The molecule has 0 aliphatic heterocycles. The third-order valence-corrected chi connectivity index (χ3v) is 2.60. The maximum atomic E-state index is 11.4. The molecule has 0 aromatic rings. The predicted molar refractivity (Wildman–Crippen MR) is 77.5 cm³/mol. The SMILES string of the molecule is CC(=O)O[C@H]([C@H](OC(C)=O)[C@H](OC(C)=O)C(=O)O)[C@@H](OC(C)=O)C(=O)O. The van der Waals surface area contributed by atoms with Crippen molar-refractivity contribution in [3.8, 4) is 0 Å². The number of aliphatic carboxylic acids is 2. The quantitative estimate of drug-likeness (QED) is 0.365. The van der Waals surface area contributed by atoms with Gasteiger partial charge in [0.15, 0.2) is 12.2 Å². The second kappa shape index (κ2) is 9.96. The molecule has 0 saturated carbocycles. The molecule has 0 fully saturated rings. The van der Waals surface area contributed by atoms with Crippen molar-refractivity contribution >= 4 is 35.8 Å². The first-order valence-corrected chi connectivity index (χ1v) is 7.01. The molecule has 0 rings (SSSR count). The monoisotopic (exact) mass is 378 g/mol. The Balaban J connectivity index is 6.20. The molecule has 12 heteroatoms. The van der Waals surface area contributed by atoms with E-state index in [0.29, 0.717) is 0 Å². The average Bonchev–Trinajstić information content (AvgIpc) is 2.44. The third kappa shape index (κ3) is 7.59. The first kappa shape index (κ1) is 22.8. The summed E-state index contributed by atoms with van der Waals surface area (Å²) in [6.07, 6.45) is -8.70. The summed E-state index contributed by atoms with van der Waals surface area (Å²) in [5.74, 6) is -8.05. The first-order valence-electron chi connectivity index (χ1n) is 7.01. The van der Waals surface area contributed by atoms with Gasteiger partial charge in [0.2, 0.25) is 12.2 Å². The Kier molecular flexibility index (Phi) is 8.74. The van der Waals surface area contributed by atoms with Gasteiger partial charge in [0.1, 0.15) is 0 Å². The van der Waals surface area contributed by atoms with E-state index in [9.17, 15) is 39.0 Å². The zero-order chi connectivity index (χ0) is 20.6. The standard InChI is InChI=1S/C14H18O12/c1-5(15)23-9(11(13(19)20)25-7(3)17)10(24-6(2)16)12(14(21)22)26-8(4)18/h9-12H,1-4H3,(H,19,20)(H,21,22)/t9-,10+,11-,12+. The van der Waals surface area contributed by atoms with E-state index in [1.807, 2.05) is 0 Å². The largest absolute Gasteiger partial charge is 0.478 e. The number of carbonyl (C=O) groups excluding carboxylic acids is 4. The molecule has 0 unspecified atom stereocenters. The molecule has 0 radical (unpaired) electrons. The molecule has 4 atom stereocenters. The van der Waals surface area contributed by atoms with Crippen LogP contribution in [0, 0.1) is 0 Å². The van der Waals surface area contributed by atoms with Crippen molar-refractivity contribution in [1.82, 2.24) is 0 Å². The van der Waals surface area contributed by atoms with Crippen LogP contribution in [0.2, 0.25) is 0 Å². The summed E-state index contributed by atoms with van der Waals surface area (Å²) in [5.41, 5.74) is 0. The summed E-state index contributed by atoms with van der Waals surface area (Å²) in [4.78, 5) is 67.7. The van der Waals surface area contributed by atoms with E-state index in [-0.39, 0.29) is 0 Å². The van der Waals surface area contributed by atoms with E-state index in [2.05, 4.69) is 9.47 Å². The molecule has 0 spiro atoms. The van der Waals surface area contributed by atoms with Crippen LogP contribution in [0.5, 0.6) is 0 Å². The van der Waals surface area contributed by atoms with E-state index >= 15 is 0 Å². The number of carboxylic acids is 2. The smallest absolute Gasteiger partial charge is 0.349 e. The molecule has 146 valence electrons. The maximum absolute atomic E-state index is 11.4. The minimum Gasteiger partial charge on any atom is -0.478 e. The van der Waals surface area contributed by atoms with Crippen molar-refractivity contribution in [3.05, 3.63) is 0 Å². The molecule has 0 aromatic heterocycles. The fourth-order valence-electron chi connectivity index (χ4n) is 1.86. The Morgan fingerprint density at radius 3 is 0.923 bits per heavy atom.